The summed E-state index contributed by atoms with van der Waals surface area (Å²) in [7, 11) is 0. The Morgan fingerprint density at radius 1 is 0.962 bits per heavy atom. The number of nitrogens with zero attached hydrogens (tertiary/aromatic N) is 1. The maximum absolute atomic E-state index is 11.8. The van der Waals surface area contributed by atoms with Crippen molar-refractivity contribution in [1.29, 1.82) is 0 Å². The second-order valence-corrected chi connectivity index (χ2v) is 5.38. The van der Waals surface area contributed by atoms with Crippen molar-refractivity contribution in [3.63, 3.8) is 0 Å². The van der Waals surface area contributed by atoms with Crippen LogP contribution in [0.5, 0.6) is 0 Å². The average molecular weight is 354 g/mol. The molecule has 0 atom stereocenters. The molecule has 2 heterocycles. The lowest BCUT2D eigenvalue weighted by Crippen LogP contribution is -2.41. The van der Waals surface area contributed by atoms with Crippen LogP contribution in [0.25, 0.3) is 11.3 Å². The molecule has 0 aliphatic carbocycles. The lowest BCUT2D eigenvalue weighted by molar-refractivity contribution is -0.120. The molecular formula is C18H18N4O4. The highest BCUT2D eigenvalue weighted by Gasteiger charge is 2.09. The molecule has 0 radical (unpaired) electrons. The summed E-state index contributed by atoms with van der Waals surface area (Å²) in [4.78, 5) is 27.5. The Bertz CT molecular complexity index is 843. The molecule has 1 aromatic carbocycles. The number of hydrogen-bond acceptors (Lipinski definition) is 5. The minimum absolute atomic E-state index is 0.140. The fraction of sp³-hybridized carbons (Fsp3) is 0.167. The molecule has 0 fully saturated rings. The highest BCUT2D eigenvalue weighted by Crippen LogP contribution is 2.19. The summed E-state index contributed by atoms with van der Waals surface area (Å²) in [6, 6.07) is 12.6. The number of furan rings is 1. The number of urea groups is 1. The maximum atomic E-state index is 11.8. The van der Waals surface area contributed by atoms with Gasteiger partial charge in [-0.1, -0.05) is 30.3 Å². The van der Waals surface area contributed by atoms with Crippen LogP contribution < -0.4 is 16.0 Å². The molecule has 0 aliphatic rings. The van der Waals surface area contributed by atoms with E-state index in [1.54, 1.807) is 18.3 Å². The van der Waals surface area contributed by atoms with Crippen molar-refractivity contribution in [1.82, 2.24) is 20.9 Å². The van der Waals surface area contributed by atoms with E-state index in [-0.39, 0.29) is 25.5 Å². The van der Waals surface area contributed by atoms with E-state index in [1.165, 1.54) is 6.26 Å². The molecule has 3 N–H and O–H groups in total. The van der Waals surface area contributed by atoms with Crippen molar-refractivity contribution in [3.05, 3.63) is 66.6 Å². The molecule has 26 heavy (non-hydrogen) atoms. The molecule has 8 heteroatoms. The van der Waals surface area contributed by atoms with Gasteiger partial charge in [-0.2, -0.15) is 0 Å². The predicted octanol–water partition coefficient (Wildman–Crippen LogP) is 2.05. The molecule has 3 rings (SSSR count). The molecule has 0 aliphatic heterocycles. The zero-order valence-electron chi connectivity index (χ0n) is 13.9. The Labute approximate surface area is 149 Å². The van der Waals surface area contributed by atoms with E-state index in [4.69, 9.17) is 8.83 Å². The lowest BCUT2D eigenvalue weighted by Gasteiger charge is -2.06. The van der Waals surface area contributed by atoms with Crippen molar-refractivity contribution < 1.29 is 18.4 Å². The van der Waals surface area contributed by atoms with Gasteiger partial charge in [-0.05, 0) is 12.1 Å². The average Bonchev–Trinajstić information content (AvgIpc) is 3.35. The Morgan fingerprint density at radius 2 is 1.81 bits per heavy atom. The second-order valence-electron chi connectivity index (χ2n) is 5.38. The first-order valence-electron chi connectivity index (χ1n) is 8.01. The number of rotatable bonds is 7. The van der Waals surface area contributed by atoms with Crippen LogP contribution >= 0.6 is 0 Å². The van der Waals surface area contributed by atoms with Crippen LogP contribution in [0, 0.1) is 0 Å². The van der Waals surface area contributed by atoms with Gasteiger partial charge in [-0.3, -0.25) is 4.79 Å². The van der Waals surface area contributed by atoms with E-state index in [9.17, 15) is 9.59 Å². The summed E-state index contributed by atoms with van der Waals surface area (Å²) in [6.45, 7) is 0.233. The molecule has 0 bridgehead atoms. The van der Waals surface area contributed by atoms with E-state index in [0.29, 0.717) is 17.4 Å². The standard InChI is InChI=1S/C18H18N4O4/c23-16(11-22-18(24)21-9-14-7-4-8-25-14)19-12-17-20-10-15(26-17)13-5-2-1-3-6-13/h1-8,10H,9,11-12H2,(H,19,23)(H2,21,22,24). The van der Waals surface area contributed by atoms with Gasteiger partial charge in [0.2, 0.25) is 11.8 Å². The van der Waals surface area contributed by atoms with Crippen LogP contribution in [0.2, 0.25) is 0 Å². The van der Waals surface area contributed by atoms with Crippen molar-refractivity contribution in [2.45, 2.75) is 13.1 Å². The Morgan fingerprint density at radius 3 is 2.58 bits per heavy atom. The molecule has 8 nitrogen and oxygen atoms in total. The molecular weight excluding hydrogens is 336 g/mol. The van der Waals surface area contributed by atoms with Gasteiger partial charge in [-0.15, -0.1) is 0 Å². The summed E-state index contributed by atoms with van der Waals surface area (Å²) in [6.07, 6.45) is 3.13. The number of carbonyl (C=O) groups excluding carboxylic acids is 2. The summed E-state index contributed by atoms with van der Waals surface area (Å²) >= 11 is 0. The Balaban J connectivity index is 1.37. The zero-order chi connectivity index (χ0) is 18.2. The predicted molar refractivity (Wildman–Crippen MR) is 92.7 cm³/mol. The minimum Gasteiger partial charge on any atom is -0.467 e. The topological polar surface area (TPSA) is 109 Å². The van der Waals surface area contributed by atoms with E-state index in [1.807, 2.05) is 30.3 Å². The van der Waals surface area contributed by atoms with Gasteiger partial charge in [-0.25, -0.2) is 9.78 Å². The van der Waals surface area contributed by atoms with Crippen LogP contribution in [0.3, 0.4) is 0 Å². The van der Waals surface area contributed by atoms with Crippen molar-refractivity contribution >= 4 is 11.9 Å². The zero-order valence-corrected chi connectivity index (χ0v) is 13.9. The number of benzene rings is 1. The van der Waals surface area contributed by atoms with Gasteiger partial charge < -0.3 is 24.8 Å². The largest absolute Gasteiger partial charge is 0.467 e. The van der Waals surface area contributed by atoms with E-state index in [0.717, 1.165) is 5.56 Å². The van der Waals surface area contributed by atoms with Crippen molar-refractivity contribution in [3.8, 4) is 11.3 Å². The summed E-state index contributed by atoms with van der Waals surface area (Å²) in [5.74, 6) is 1.30. The van der Waals surface area contributed by atoms with E-state index < -0.39 is 6.03 Å². The number of hydrogen-bond donors (Lipinski definition) is 3. The van der Waals surface area contributed by atoms with E-state index in [2.05, 4.69) is 20.9 Å². The monoisotopic (exact) mass is 354 g/mol. The summed E-state index contributed by atoms with van der Waals surface area (Å²) in [5.41, 5.74) is 0.910. The molecule has 134 valence electrons. The fourth-order valence-corrected chi connectivity index (χ4v) is 2.17. The number of amides is 3. The molecule has 0 saturated carbocycles. The van der Waals surface area contributed by atoms with Crippen molar-refractivity contribution in [2.75, 3.05) is 6.54 Å². The van der Waals surface area contributed by atoms with Gasteiger partial charge in [0.25, 0.3) is 0 Å². The number of oxazole rings is 1. The van der Waals surface area contributed by atoms with Crippen LogP contribution in [0.1, 0.15) is 11.7 Å². The highest BCUT2D eigenvalue weighted by atomic mass is 16.4. The van der Waals surface area contributed by atoms with Crippen LogP contribution in [0.4, 0.5) is 4.79 Å². The summed E-state index contributed by atoms with van der Waals surface area (Å²) < 4.78 is 10.7. The van der Waals surface area contributed by atoms with Crippen molar-refractivity contribution in [2.24, 2.45) is 0 Å². The quantitative estimate of drug-likeness (QED) is 0.602. The Hall–Kier alpha value is -3.55. The lowest BCUT2D eigenvalue weighted by atomic mass is 10.2. The van der Waals surface area contributed by atoms with Crippen LogP contribution in [-0.2, 0) is 17.9 Å². The van der Waals surface area contributed by atoms with Gasteiger partial charge in [0.15, 0.2) is 5.76 Å². The minimum atomic E-state index is -0.459. The molecule has 3 amide bonds. The first-order chi connectivity index (χ1) is 12.7. The smallest absolute Gasteiger partial charge is 0.315 e. The Kier molecular flexibility index (Phi) is 5.66. The van der Waals surface area contributed by atoms with Crippen LogP contribution in [-0.4, -0.2) is 23.5 Å². The third-order valence-corrected chi connectivity index (χ3v) is 3.46. The highest BCUT2D eigenvalue weighted by molar-refractivity contribution is 5.83. The first-order valence-corrected chi connectivity index (χ1v) is 8.01. The molecule has 0 unspecified atom stereocenters. The molecule has 0 saturated heterocycles. The number of carbonyl (C=O) groups is 2. The van der Waals surface area contributed by atoms with Gasteiger partial charge >= 0.3 is 6.03 Å². The SMILES string of the molecule is O=C(CNC(=O)NCc1ccco1)NCc1ncc(-c2ccccc2)o1. The maximum Gasteiger partial charge on any atom is 0.315 e. The normalized spacial score (nSPS) is 10.3. The number of aromatic nitrogens is 1. The summed E-state index contributed by atoms with van der Waals surface area (Å²) in [5, 5.41) is 7.67. The van der Waals surface area contributed by atoms with Gasteiger partial charge in [0.05, 0.1) is 32.1 Å². The van der Waals surface area contributed by atoms with Gasteiger partial charge in [0.1, 0.15) is 5.76 Å². The van der Waals surface area contributed by atoms with E-state index >= 15 is 0 Å². The molecule has 3 aromatic rings. The number of nitrogens with one attached hydrogen (secondary N) is 3. The third kappa shape index (κ3) is 4.97. The molecule has 2 aromatic heterocycles. The van der Waals surface area contributed by atoms with Gasteiger partial charge in [0, 0.05) is 5.56 Å². The van der Waals surface area contributed by atoms with Crippen LogP contribution in [0.15, 0.2) is 63.8 Å². The fourth-order valence-electron chi connectivity index (χ4n) is 2.17. The first kappa shape index (κ1) is 17.3. The molecule has 0 spiro atoms. The second kappa shape index (κ2) is 8.52. The third-order valence-electron chi connectivity index (χ3n) is 3.46.